The molecular weight excluding hydrogens is 264 g/mol. The molecule has 0 aromatic carbocycles. The lowest BCUT2D eigenvalue weighted by atomic mass is 10.1. The highest BCUT2D eigenvalue weighted by molar-refractivity contribution is 5.57. The van der Waals surface area contributed by atoms with E-state index in [9.17, 15) is 0 Å². The van der Waals surface area contributed by atoms with E-state index in [4.69, 9.17) is 4.74 Å². The van der Waals surface area contributed by atoms with Gasteiger partial charge in [-0.1, -0.05) is 33.6 Å². The van der Waals surface area contributed by atoms with Gasteiger partial charge in [0.1, 0.15) is 18.0 Å². The first kappa shape index (κ1) is 17.7. The maximum atomic E-state index is 5.57. The zero-order valence-electron chi connectivity index (χ0n) is 13.7. The Morgan fingerprint density at radius 3 is 2.24 bits per heavy atom. The van der Waals surface area contributed by atoms with E-state index in [-0.39, 0.29) is 0 Å². The molecule has 0 atom stereocenters. The number of unbranched alkanes of at least 4 members (excludes halogenated alkanes) is 1. The molecule has 0 spiro atoms. The van der Waals surface area contributed by atoms with Crippen molar-refractivity contribution < 1.29 is 4.74 Å². The molecule has 0 unspecified atom stereocenters. The Hall–Kier alpha value is -1.36. The average Bonchev–Trinajstić information content (AvgIpc) is 2.50. The molecule has 0 aliphatic carbocycles. The fourth-order valence-electron chi connectivity index (χ4n) is 2.04. The topological polar surface area (TPSA) is 59.1 Å². The molecule has 0 amide bonds. The van der Waals surface area contributed by atoms with Gasteiger partial charge in [0, 0.05) is 25.3 Å². The minimum atomic E-state index is 0.716. The Bertz CT molecular complexity index is 385. The van der Waals surface area contributed by atoms with Crippen molar-refractivity contribution in [1.29, 1.82) is 0 Å². The highest BCUT2D eigenvalue weighted by atomic mass is 16.5. The van der Waals surface area contributed by atoms with Crippen LogP contribution in [0, 0.1) is 0 Å². The van der Waals surface area contributed by atoms with Gasteiger partial charge >= 0.3 is 0 Å². The molecule has 0 aliphatic rings. The number of hydrogen-bond acceptors (Lipinski definition) is 5. The highest BCUT2D eigenvalue weighted by Crippen LogP contribution is 2.21. The van der Waals surface area contributed by atoms with Crippen molar-refractivity contribution >= 4 is 11.6 Å². The molecule has 21 heavy (non-hydrogen) atoms. The fraction of sp³-hybridized carbons (Fsp3) is 0.750. The van der Waals surface area contributed by atoms with Crippen LogP contribution in [0.4, 0.5) is 11.6 Å². The fourth-order valence-corrected chi connectivity index (χ4v) is 2.04. The lowest BCUT2D eigenvalue weighted by Crippen LogP contribution is -2.14. The molecule has 1 rings (SSSR count). The van der Waals surface area contributed by atoms with Gasteiger partial charge in [0.25, 0.3) is 0 Å². The van der Waals surface area contributed by atoms with Crippen LogP contribution in [0.15, 0.2) is 6.33 Å². The van der Waals surface area contributed by atoms with Gasteiger partial charge in [-0.3, -0.25) is 0 Å². The summed E-state index contributed by atoms with van der Waals surface area (Å²) in [5.41, 5.74) is 1.18. The molecule has 5 nitrogen and oxygen atoms in total. The Morgan fingerprint density at radius 1 is 0.905 bits per heavy atom. The maximum Gasteiger partial charge on any atom is 0.134 e. The third-order valence-electron chi connectivity index (χ3n) is 3.17. The molecule has 5 heteroatoms. The molecule has 120 valence electrons. The minimum absolute atomic E-state index is 0.716. The van der Waals surface area contributed by atoms with Gasteiger partial charge in [-0.15, -0.1) is 0 Å². The third-order valence-corrected chi connectivity index (χ3v) is 3.17. The summed E-state index contributed by atoms with van der Waals surface area (Å²) in [7, 11) is 0. The SMILES string of the molecule is CCCCOCCNc1ncnc(NCCC)c1CCC. The second kappa shape index (κ2) is 11.3. The van der Waals surface area contributed by atoms with Gasteiger partial charge in [-0.05, 0) is 19.3 Å². The lowest BCUT2D eigenvalue weighted by Gasteiger charge is -2.15. The van der Waals surface area contributed by atoms with E-state index in [0.717, 1.165) is 57.0 Å². The van der Waals surface area contributed by atoms with Crippen molar-refractivity contribution in [2.75, 3.05) is 36.9 Å². The Kier molecular flexibility index (Phi) is 9.53. The molecule has 2 N–H and O–H groups in total. The van der Waals surface area contributed by atoms with E-state index in [1.54, 1.807) is 6.33 Å². The number of anilines is 2. The van der Waals surface area contributed by atoms with E-state index in [2.05, 4.69) is 41.4 Å². The molecule has 0 aliphatic heterocycles. The van der Waals surface area contributed by atoms with Gasteiger partial charge in [-0.25, -0.2) is 9.97 Å². The average molecular weight is 294 g/mol. The zero-order valence-corrected chi connectivity index (χ0v) is 13.7. The third kappa shape index (κ3) is 6.76. The standard InChI is InChI=1S/C16H30N4O/c1-4-7-11-21-12-10-18-16-14(8-5-2)15(17-9-6-3)19-13-20-16/h13H,4-12H2,1-3H3,(H2,17,18,19,20). The van der Waals surface area contributed by atoms with Crippen molar-refractivity contribution in [3.8, 4) is 0 Å². The summed E-state index contributed by atoms with van der Waals surface area (Å²) in [5, 5.41) is 6.76. The van der Waals surface area contributed by atoms with Crippen molar-refractivity contribution in [3.63, 3.8) is 0 Å². The van der Waals surface area contributed by atoms with Gasteiger partial charge in [0.15, 0.2) is 0 Å². The molecule has 0 radical (unpaired) electrons. The van der Waals surface area contributed by atoms with E-state index < -0.39 is 0 Å². The summed E-state index contributed by atoms with van der Waals surface area (Å²) >= 11 is 0. The van der Waals surface area contributed by atoms with Crippen molar-refractivity contribution in [2.24, 2.45) is 0 Å². The summed E-state index contributed by atoms with van der Waals surface area (Å²) in [5.74, 6) is 1.90. The van der Waals surface area contributed by atoms with Crippen LogP contribution < -0.4 is 10.6 Å². The second-order valence-corrected chi connectivity index (χ2v) is 5.12. The molecule has 1 heterocycles. The lowest BCUT2D eigenvalue weighted by molar-refractivity contribution is 0.141. The first-order valence-corrected chi connectivity index (χ1v) is 8.22. The van der Waals surface area contributed by atoms with E-state index in [0.29, 0.717) is 6.61 Å². The van der Waals surface area contributed by atoms with Crippen molar-refractivity contribution in [3.05, 3.63) is 11.9 Å². The maximum absolute atomic E-state index is 5.57. The van der Waals surface area contributed by atoms with E-state index in [1.165, 1.54) is 12.0 Å². The van der Waals surface area contributed by atoms with Crippen LogP contribution in [-0.2, 0) is 11.2 Å². The smallest absolute Gasteiger partial charge is 0.134 e. The Balaban J connectivity index is 2.54. The normalized spacial score (nSPS) is 10.6. The second-order valence-electron chi connectivity index (χ2n) is 5.12. The van der Waals surface area contributed by atoms with Crippen molar-refractivity contribution in [1.82, 2.24) is 9.97 Å². The molecule has 0 saturated heterocycles. The summed E-state index contributed by atoms with van der Waals surface area (Å²) in [6, 6.07) is 0. The number of nitrogens with one attached hydrogen (secondary N) is 2. The zero-order chi connectivity index (χ0) is 15.3. The summed E-state index contributed by atoms with van der Waals surface area (Å²) in [6.45, 7) is 9.78. The first-order chi connectivity index (χ1) is 10.3. The predicted molar refractivity (Wildman–Crippen MR) is 89.0 cm³/mol. The van der Waals surface area contributed by atoms with Crippen molar-refractivity contribution in [2.45, 2.75) is 52.9 Å². The number of hydrogen-bond donors (Lipinski definition) is 2. The van der Waals surface area contributed by atoms with E-state index in [1.807, 2.05) is 0 Å². The van der Waals surface area contributed by atoms with Gasteiger partial charge in [-0.2, -0.15) is 0 Å². The number of rotatable bonds is 12. The van der Waals surface area contributed by atoms with Crippen LogP contribution >= 0.6 is 0 Å². The van der Waals surface area contributed by atoms with Crippen LogP contribution in [0.25, 0.3) is 0 Å². The quantitative estimate of drug-likeness (QED) is 0.578. The van der Waals surface area contributed by atoms with Crippen LogP contribution in [-0.4, -0.2) is 36.3 Å². The summed E-state index contributed by atoms with van der Waals surface area (Å²) < 4.78 is 5.57. The van der Waals surface area contributed by atoms with Crippen LogP contribution in [0.3, 0.4) is 0 Å². The Morgan fingerprint density at radius 2 is 1.62 bits per heavy atom. The van der Waals surface area contributed by atoms with Crippen LogP contribution in [0.5, 0.6) is 0 Å². The van der Waals surface area contributed by atoms with Gasteiger partial charge in [0.2, 0.25) is 0 Å². The molecule has 0 bridgehead atoms. The number of ether oxygens (including phenoxy) is 1. The number of aromatic nitrogens is 2. The minimum Gasteiger partial charge on any atom is -0.380 e. The molecule has 1 aromatic heterocycles. The number of nitrogens with zero attached hydrogens (tertiary/aromatic N) is 2. The highest BCUT2D eigenvalue weighted by Gasteiger charge is 2.09. The monoisotopic (exact) mass is 294 g/mol. The summed E-state index contributed by atoms with van der Waals surface area (Å²) in [4.78, 5) is 8.75. The van der Waals surface area contributed by atoms with Gasteiger partial charge < -0.3 is 15.4 Å². The van der Waals surface area contributed by atoms with Crippen LogP contribution in [0.2, 0.25) is 0 Å². The van der Waals surface area contributed by atoms with E-state index >= 15 is 0 Å². The Labute approximate surface area is 128 Å². The molecule has 0 fully saturated rings. The summed E-state index contributed by atoms with van der Waals surface area (Å²) in [6.07, 6.45) is 7.06. The molecular formula is C16H30N4O. The van der Waals surface area contributed by atoms with Crippen LogP contribution in [0.1, 0.15) is 52.0 Å². The molecule has 0 saturated carbocycles. The largest absolute Gasteiger partial charge is 0.380 e. The molecule has 1 aromatic rings. The predicted octanol–water partition coefficient (Wildman–Crippen LogP) is 3.48. The van der Waals surface area contributed by atoms with Gasteiger partial charge in [0.05, 0.1) is 6.61 Å². The first-order valence-electron chi connectivity index (χ1n) is 8.22.